The van der Waals surface area contributed by atoms with Crippen molar-refractivity contribution in [1.29, 1.82) is 5.41 Å². The average Bonchev–Trinajstić information content (AvgIpc) is 1.65. The zero-order valence-corrected chi connectivity index (χ0v) is 6.90. The lowest BCUT2D eigenvalue weighted by atomic mass is 10.5. The van der Waals surface area contributed by atoms with Crippen molar-refractivity contribution in [1.82, 2.24) is 5.32 Å². The Morgan fingerprint density at radius 3 is 2.62 bits per heavy atom. The highest BCUT2D eigenvalue weighted by atomic mass is 127. The van der Waals surface area contributed by atoms with Gasteiger partial charge in [-0.05, 0) is 6.42 Å². The molecular weight excluding hydrogens is 217 g/mol. The largest absolute Gasteiger partial charge is 0.370 e. The van der Waals surface area contributed by atoms with Crippen LogP contribution in [0.25, 0.3) is 0 Å². The summed E-state index contributed by atoms with van der Waals surface area (Å²) in [5.74, 6) is 0.0475. The van der Waals surface area contributed by atoms with Gasteiger partial charge in [0, 0.05) is 0 Å². The average molecular weight is 227 g/mol. The molecule has 4 heteroatoms. The Morgan fingerprint density at radius 1 is 2.00 bits per heavy atom. The van der Waals surface area contributed by atoms with Gasteiger partial charge in [-0.1, -0.05) is 29.5 Å². The molecule has 0 aliphatic heterocycles. The van der Waals surface area contributed by atoms with Gasteiger partial charge in [0.25, 0.3) is 0 Å². The van der Waals surface area contributed by atoms with Crippen molar-refractivity contribution >= 4 is 28.6 Å². The van der Waals surface area contributed by atoms with Gasteiger partial charge in [0.05, 0.1) is 4.05 Å². The molecule has 0 aromatic heterocycles. The van der Waals surface area contributed by atoms with E-state index >= 15 is 0 Å². The van der Waals surface area contributed by atoms with Crippen LogP contribution < -0.4 is 11.1 Å². The monoisotopic (exact) mass is 227 g/mol. The molecule has 0 saturated heterocycles. The molecule has 1 unspecified atom stereocenters. The number of hydrogen-bond donors (Lipinski definition) is 3. The Balaban J connectivity index is 3.24. The van der Waals surface area contributed by atoms with E-state index in [1.165, 1.54) is 0 Å². The van der Waals surface area contributed by atoms with Crippen LogP contribution in [0.1, 0.15) is 13.3 Å². The van der Waals surface area contributed by atoms with Crippen LogP contribution in [-0.4, -0.2) is 10.0 Å². The minimum absolute atomic E-state index is 0.0475. The molecule has 0 saturated carbocycles. The van der Waals surface area contributed by atoms with E-state index in [-0.39, 0.29) is 5.96 Å². The fourth-order valence-electron chi connectivity index (χ4n) is 0.271. The molecule has 0 bridgehead atoms. The minimum Gasteiger partial charge on any atom is -0.370 e. The summed E-state index contributed by atoms with van der Waals surface area (Å²) >= 11 is 2.19. The molecule has 0 rings (SSSR count). The van der Waals surface area contributed by atoms with Gasteiger partial charge in [0.1, 0.15) is 0 Å². The lowest BCUT2D eigenvalue weighted by Gasteiger charge is -2.07. The number of hydrogen-bond acceptors (Lipinski definition) is 1. The number of nitrogens with one attached hydrogen (secondary N) is 2. The highest BCUT2D eigenvalue weighted by Gasteiger charge is 1.96. The van der Waals surface area contributed by atoms with Crippen LogP contribution in [0.15, 0.2) is 0 Å². The van der Waals surface area contributed by atoms with Gasteiger partial charge in [-0.15, -0.1) is 0 Å². The van der Waals surface area contributed by atoms with Gasteiger partial charge in [-0.25, -0.2) is 0 Å². The first-order valence-corrected chi connectivity index (χ1v) is 3.66. The quantitative estimate of drug-likeness (QED) is 0.213. The van der Waals surface area contributed by atoms with Crippen LogP contribution >= 0.6 is 22.6 Å². The van der Waals surface area contributed by atoms with E-state index in [4.69, 9.17) is 11.1 Å². The summed E-state index contributed by atoms with van der Waals surface area (Å²) in [5, 5.41) is 9.53. The summed E-state index contributed by atoms with van der Waals surface area (Å²) in [7, 11) is 0. The minimum atomic E-state index is 0.0475. The highest BCUT2D eigenvalue weighted by Crippen LogP contribution is 1.98. The van der Waals surface area contributed by atoms with Crippen molar-refractivity contribution in [2.24, 2.45) is 5.73 Å². The molecule has 1 atom stereocenters. The maximum absolute atomic E-state index is 6.79. The fraction of sp³-hybridized carbons (Fsp3) is 0.750. The van der Waals surface area contributed by atoms with Gasteiger partial charge in [-0.2, -0.15) is 0 Å². The van der Waals surface area contributed by atoms with Crippen LogP contribution in [0.4, 0.5) is 0 Å². The van der Waals surface area contributed by atoms with Crippen molar-refractivity contribution in [3.63, 3.8) is 0 Å². The van der Waals surface area contributed by atoms with Crippen molar-refractivity contribution in [3.05, 3.63) is 0 Å². The third-order valence-corrected chi connectivity index (χ3v) is 1.86. The third-order valence-electron chi connectivity index (χ3n) is 0.671. The second-order valence-corrected chi connectivity index (χ2v) is 2.94. The van der Waals surface area contributed by atoms with Gasteiger partial charge in [0.2, 0.25) is 0 Å². The van der Waals surface area contributed by atoms with E-state index in [1.807, 2.05) is 6.92 Å². The molecule has 4 N–H and O–H groups in total. The van der Waals surface area contributed by atoms with Crippen LogP contribution in [0.3, 0.4) is 0 Å². The van der Waals surface area contributed by atoms with E-state index in [1.54, 1.807) is 0 Å². The van der Waals surface area contributed by atoms with Gasteiger partial charge < -0.3 is 11.1 Å². The summed E-state index contributed by atoms with van der Waals surface area (Å²) in [6.45, 7) is 2.03. The summed E-state index contributed by atoms with van der Waals surface area (Å²) < 4.78 is 0.296. The topological polar surface area (TPSA) is 61.9 Å². The Bertz CT molecular complexity index is 83.4. The molecule has 0 aromatic rings. The summed E-state index contributed by atoms with van der Waals surface area (Å²) in [6, 6.07) is 0. The molecule has 0 fully saturated rings. The maximum atomic E-state index is 6.79. The number of guanidine groups is 1. The number of rotatable bonds is 2. The first-order valence-electron chi connectivity index (χ1n) is 2.41. The normalized spacial score (nSPS) is 12.8. The molecule has 0 amide bonds. The standard InChI is InChI=1S/C4H10IN3/c1-2-3(5)8-4(6)7/h3H,2H2,1H3,(H4,6,7,8). The lowest BCUT2D eigenvalue weighted by Crippen LogP contribution is -2.35. The molecule has 8 heavy (non-hydrogen) atoms. The maximum Gasteiger partial charge on any atom is 0.186 e. The van der Waals surface area contributed by atoms with Gasteiger partial charge in [0.15, 0.2) is 5.96 Å². The Kier molecular flexibility index (Phi) is 3.94. The van der Waals surface area contributed by atoms with E-state index in [0.717, 1.165) is 6.42 Å². The Morgan fingerprint density at radius 2 is 2.50 bits per heavy atom. The first-order chi connectivity index (χ1) is 3.66. The van der Waals surface area contributed by atoms with Crippen molar-refractivity contribution in [2.75, 3.05) is 0 Å². The fourth-order valence-corrected chi connectivity index (χ4v) is 0.606. The number of halogens is 1. The molecule has 48 valence electrons. The van der Waals surface area contributed by atoms with E-state index in [0.29, 0.717) is 4.05 Å². The molecule has 0 heterocycles. The predicted octanol–water partition coefficient (Wildman–Crippen LogP) is 0.641. The Hall–Kier alpha value is 0. The molecule has 0 spiro atoms. The molecule has 0 aliphatic carbocycles. The van der Waals surface area contributed by atoms with Crippen LogP contribution in [0.2, 0.25) is 0 Å². The second kappa shape index (κ2) is 3.94. The number of nitrogens with two attached hydrogens (primary N) is 1. The molecule has 3 nitrogen and oxygen atoms in total. The SMILES string of the molecule is CCC(I)NC(=N)N. The van der Waals surface area contributed by atoms with Gasteiger partial charge in [-0.3, -0.25) is 5.41 Å². The molecule has 0 aliphatic rings. The van der Waals surface area contributed by atoms with Crippen LogP contribution in [-0.2, 0) is 0 Å². The summed E-state index contributed by atoms with van der Waals surface area (Å²) in [6.07, 6.45) is 0.986. The lowest BCUT2D eigenvalue weighted by molar-refractivity contribution is 0.800. The van der Waals surface area contributed by atoms with Crippen molar-refractivity contribution < 1.29 is 0 Å². The molecule has 0 aromatic carbocycles. The Labute approximate surface area is 62.7 Å². The first kappa shape index (κ1) is 8.00. The number of alkyl halides is 1. The van der Waals surface area contributed by atoms with Crippen LogP contribution in [0, 0.1) is 5.41 Å². The van der Waals surface area contributed by atoms with Crippen LogP contribution in [0.5, 0.6) is 0 Å². The summed E-state index contributed by atoms with van der Waals surface area (Å²) in [5.41, 5.74) is 5.04. The van der Waals surface area contributed by atoms with E-state index in [2.05, 4.69) is 27.9 Å². The smallest absolute Gasteiger partial charge is 0.186 e. The zero-order valence-electron chi connectivity index (χ0n) is 4.74. The van der Waals surface area contributed by atoms with Gasteiger partial charge >= 0.3 is 0 Å². The van der Waals surface area contributed by atoms with E-state index < -0.39 is 0 Å². The summed E-state index contributed by atoms with van der Waals surface area (Å²) in [4.78, 5) is 0. The van der Waals surface area contributed by atoms with Crippen molar-refractivity contribution in [2.45, 2.75) is 17.4 Å². The third kappa shape index (κ3) is 4.17. The highest BCUT2D eigenvalue weighted by molar-refractivity contribution is 14.1. The molecule has 0 radical (unpaired) electrons. The van der Waals surface area contributed by atoms with E-state index in [9.17, 15) is 0 Å². The zero-order chi connectivity index (χ0) is 6.57. The van der Waals surface area contributed by atoms with Crippen molar-refractivity contribution in [3.8, 4) is 0 Å². The molecular formula is C4H10IN3. The predicted molar refractivity (Wildman–Crippen MR) is 43.1 cm³/mol. The second-order valence-electron chi connectivity index (χ2n) is 1.43.